The van der Waals surface area contributed by atoms with Crippen LogP contribution < -0.4 is 4.74 Å². The van der Waals surface area contributed by atoms with Crippen molar-refractivity contribution in [2.75, 3.05) is 7.11 Å². The first-order valence-corrected chi connectivity index (χ1v) is 11.8. The zero-order valence-electron chi connectivity index (χ0n) is 19.1. The summed E-state index contributed by atoms with van der Waals surface area (Å²) in [6.07, 6.45) is 8.99. The molecule has 4 rings (SSSR count). The van der Waals surface area contributed by atoms with E-state index in [4.69, 9.17) is 4.74 Å². The molecule has 1 amide bonds. The Balaban J connectivity index is 1.47. The van der Waals surface area contributed by atoms with Gasteiger partial charge in [-0.3, -0.25) is 4.79 Å². The molecule has 1 fully saturated rings. The fourth-order valence-electron chi connectivity index (χ4n) is 4.73. The summed E-state index contributed by atoms with van der Waals surface area (Å²) in [5, 5.41) is 0. The molecule has 4 nitrogen and oxygen atoms in total. The second-order valence-electron chi connectivity index (χ2n) is 8.90. The van der Waals surface area contributed by atoms with E-state index >= 15 is 0 Å². The molecule has 0 atom stereocenters. The number of carbonyl (C=O) groups excluding carboxylic acids is 1. The Bertz CT molecular complexity index is 989. The van der Waals surface area contributed by atoms with Crippen molar-refractivity contribution >= 4 is 5.91 Å². The Morgan fingerprint density at radius 1 is 0.969 bits per heavy atom. The molecule has 0 radical (unpaired) electrons. The first-order valence-electron chi connectivity index (χ1n) is 11.8. The van der Waals surface area contributed by atoms with Crippen molar-refractivity contribution in [2.45, 2.75) is 58.2 Å². The molecule has 3 aromatic rings. The molecule has 1 aromatic heterocycles. The van der Waals surface area contributed by atoms with Crippen LogP contribution >= 0.6 is 0 Å². The zero-order chi connectivity index (χ0) is 22.2. The highest BCUT2D eigenvalue weighted by Gasteiger charge is 2.20. The molecule has 168 valence electrons. The average Bonchev–Trinajstić information content (AvgIpc) is 3.50. The number of hydrogen-bond acceptors (Lipinski definition) is 2. The van der Waals surface area contributed by atoms with Crippen LogP contribution in [-0.4, -0.2) is 22.5 Å². The smallest absolute Gasteiger partial charge is 0.223 e. The molecule has 1 heterocycles. The molecule has 2 aromatic carbocycles. The van der Waals surface area contributed by atoms with Gasteiger partial charge in [0.25, 0.3) is 0 Å². The van der Waals surface area contributed by atoms with Crippen LogP contribution in [0.15, 0.2) is 72.9 Å². The van der Waals surface area contributed by atoms with Crippen LogP contribution in [0, 0.1) is 5.92 Å². The lowest BCUT2D eigenvalue weighted by Crippen LogP contribution is -2.31. The SMILES string of the molecule is COc1cccc(Cn2cccc2CN(Cc2ccccc2)C(=O)CCC2CCCC2)c1. The van der Waals surface area contributed by atoms with Gasteiger partial charge in [-0.2, -0.15) is 0 Å². The van der Waals surface area contributed by atoms with E-state index in [0.717, 1.165) is 30.3 Å². The third-order valence-corrected chi connectivity index (χ3v) is 6.57. The summed E-state index contributed by atoms with van der Waals surface area (Å²) in [7, 11) is 1.69. The van der Waals surface area contributed by atoms with Gasteiger partial charge in [0.05, 0.1) is 13.7 Å². The summed E-state index contributed by atoms with van der Waals surface area (Å²) in [6.45, 7) is 2.03. The van der Waals surface area contributed by atoms with Gasteiger partial charge in [0, 0.05) is 31.4 Å². The van der Waals surface area contributed by atoms with Crippen LogP contribution in [0.3, 0.4) is 0 Å². The van der Waals surface area contributed by atoms with Crippen LogP contribution in [-0.2, 0) is 24.4 Å². The van der Waals surface area contributed by atoms with E-state index in [1.807, 2.05) is 35.2 Å². The molecule has 0 saturated heterocycles. The number of hydrogen-bond donors (Lipinski definition) is 0. The number of aromatic nitrogens is 1. The van der Waals surface area contributed by atoms with Crippen LogP contribution in [0.25, 0.3) is 0 Å². The molecular weight excluding hydrogens is 396 g/mol. The quantitative estimate of drug-likeness (QED) is 0.393. The normalized spacial score (nSPS) is 13.9. The molecule has 32 heavy (non-hydrogen) atoms. The second-order valence-corrected chi connectivity index (χ2v) is 8.90. The summed E-state index contributed by atoms with van der Waals surface area (Å²) in [6, 6.07) is 22.7. The fourth-order valence-corrected chi connectivity index (χ4v) is 4.73. The van der Waals surface area contributed by atoms with Gasteiger partial charge in [-0.1, -0.05) is 68.1 Å². The summed E-state index contributed by atoms with van der Waals surface area (Å²) >= 11 is 0. The van der Waals surface area contributed by atoms with Gasteiger partial charge < -0.3 is 14.2 Å². The van der Waals surface area contributed by atoms with Crippen LogP contribution in [0.5, 0.6) is 5.75 Å². The van der Waals surface area contributed by atoms with Gasteiger partial charge in [0.2, 0.25) is 5.91 Å². The number of amides is 1. The van der Waals surface area contributed by atoms with Crippen molar-refractivity contribution < 1.29 is 9.53 Å². The maximum Gasteiger partial charge on any atom is 0.223 e. The van der Waals surface area contributed by atoms with Gasteiger partial charge in [0.15, 0.2) is 0 Å². The third kappa shape index (κ3) is 6.03. The Hall–Kier alpha value is -3.01. The standard InChI is InChI=1S/C28H34N2O2/c1-32-27-15-7-13-25(19-27)21-29-18-8-14-26(29)22-30(20-24-11-3-2-4-12-24)28(31)17-16-23-9-5-6-10-23/h2-4,7-8,11-15,18-19,23H,5-6,9-10,16-17,20-22H2,1H3. The maximum absolute atomic E-state index is 13.3. The van der Waals surface area contributed by atoms with E-state index in [2.05, 4.69) is 47.2 Å². The Labute approximate surface area is 191 Å². The fraction of sp³-hybridized carbons (Fsp3) is 0.393. The number of ether oxygens (including phenoxy) is 1. The van der Waals surface area contributed by atoms with E-state index in [1.54, 1.807) is 7.11 Å². The first-order chi connectivity index (χ1) is 15.7. The van der Waals surface area contributed by atoms with Crippen LogP contribution in [0.4, 0.5) is 0 Å². The molecule has 1 saturated carbocycles. The van der Waals surface area contributed by atoms with Crippen molar-refractivity contribution in [3.05, 3.63) is 89.7 Å². The van der Waals surface area contributed by atoms with E-state index in [0.29, 0.717) is 19.5 Å². The average molecular weight is 431 g/mol. The molecule has 0 bridgehead atoms. The molecule has 1 aliphatic carbocycles. The minimum Gasteiger partial charge on any atom is -0.497 e. The highest BCUT2D eigenvalue weighted by Crippen LogP contribution is 2.29. The van der Waals surface area contributed by atoms with Gasteiger partial charge >= 0.3 is 0 Å². The number of carbonyl (C=O) groups is 1. The highest BCUT2D eigenvalue weighted by atomic mass is 16.5. The zero-order valence-corrected chi connectivity index (χ0v) is 19.1. The predicted octanol–water partition coefficient (Wildman–Crippen LogP) is 6.04. The summed E-state index contributed by atoms with van der Waals surface area (Å²) in [5.74, 6) is 1.85. The number of rotatable bonds is 10. The van der Waals surface area contributed by atoms with Crippen molar-refractivity contribution in [2.24, 2.45) is 5.92 Å². The molecule has 0 N–H and O–H groups in total. The second kappa shape index (κ2) is 11.0. The number of benzene rings is 2. The molecule has 0 spiro atoms. The van der Waals surface area contributed by atoms with Crippen molar-refractivity contribution in [3.63, 3.8) is 0 Å². The molecule has 0 aliphatic heterocycles. The Kier molecular flexibility index (Phi) is 7.65. The van der Waals surface area contributed by atoms with Gasteiger partial charge in [0.1, 0.15) is 5.75 Å². The lowest BCUT2D eigenvalue weighted by molar-refractivity contribution is -0.132. The predicted molar refractivity (Wildman–Crippen MR) is 128 cm³/mol. The number of nitrogens with zero attached hydrogens (tertiary/aromatic N) is 2. The number of methoxy groups -OCH3 is 1. The van der Waals surface area contributed by atoms with Gasteiger partial charge in [-0.15, -0.1) is 0 Å². The Morgan fingerprint density at radius 3 is 2.53 bits per heavy atom. The lowest BCUT2D eigenvalue weighted by Gasteiger charge is -2.25. The summed E-state index contributed by atoms with van der Waals surface area (Å²) in [4.78, 5) is 15.3. The molecule has 0 unspecified atom stereocenters. The van der Waals surface area contributed by atoms with Crippen molar-refractivity contribution in [1.82, 2.24) is 9.47 Å². The van der Waals surface area contributed by atoms with E-state index in [-0.39, 0.29) is 5.91 Å². The van der Waals surface area contributed by atoms with Gasteiger partial charge in [-0.25, -0.2) is 0 Å². The van der Waals surface area contributed by atoms with E-state index < -0.39 is 0 Å². The minimum absolute atomic E-state index is 0.259. The molecular formula is C28H34N2O2. The van der Waals surface area contributed by atoms with Crippen molar-refractivity contribution in [3.8, 4) is 5.75 Å². The monoisotopic (exact) mass is 430 g/mol. The largest absolute Gasteiger partial charge is 0.497 e. The first kappa shape index (κ1) is 22.2. The topological polar surface area (TPSA) is 34.5 Å². The highest BCUT2D eigenvalue weighted by molar-refractivity contribution is 5.76. The van der Waals surface area contributed by atoms with Crippen molar-refractivity contribution in [1.29, 1.82) is 0 Å². The summed E-state index contributed by atoms with van der Waals surface area (Å²) in [5.41, 5.74) is 3.51. The minimum atomic E-state index is 0.259. The third-order valence-electron chi connectivity index (χ3n) is 6.57. The molecule has 4 heteroatoms. The maximum atomic E-state index is 13.3. The summed E-state index contributed by atoms with van der Waals surface area (Å²) < 4.78 is 7.61. The van der Waals surface area contributed by atoms with E-state index in [9.17, 15) is 4.79 Å². The van der Waals surface area contributed by atoms with Gasteiger partial charge in [-0.05, 0) is 47.7 Å². The molecule has 1 aliphatic rings. The lowest BCUT2D eigenvalue weighted by atomic mass is 10.0. The van der Waals surface area contributed by atoms with E-state index in [1.165, 1.54) is 36.8 Å². The van der Waals surface area contributed by atoms with Crippen LogP contribution in [0.1, 0.15) is 55.3 Å². The van der Waals surface area contributed by atoms with Crippen LogP contribution in [0.2, 0.25) is 0 Å². The Morgan fingerprint density at radius 2 is 1.75 bits per heavy atom.